The Morgan fingerprint density at radius 1 is 1.28 bits per heavy atom. The van der Waals surface area contributed by atoms with Gasteiger partial charge in [-0.2, -0.15) is 0 Å². The van der Waals surface area contributed by atoms with Crippen molar-refractivity contribution in [3.8, 4) is 5.69 Å². The summed E-state index contributed by atoms with van der Waals surface area (Å²) in [6.07, 6.45) is 1.45. The number of fused-ring (bicyclic) bond motifs is 1. The van der Waals surface area contributed by atoms with Gasteiger partial charge in [-0.25, -0.2) is 9.97 Å². The van der Waals surface area contributed by atoms with Crippen LogP contribution in [0.4, 0.5) is 0 Å². The van der Waals surface area contributed by atoms with E-state index in [9.17, 15) is 0 Å². The smallest absolute Gasteiger partial charge is 0.165 e. The first-order valence-corrected chi connectivity index (χ1v) is 8.58. The van der Waals surface area contributed by atoms with Crippen molar-refractivity contribution in [2.24, 2.45) is 5.11 Å². The van der Waals surface area contributed by atoms with Crippen LogP contribution in [-0.4, -0.2) is 21.1 Å². The van der Waals surface area contributed by atoms with E-state index in [1.807, 2.05) is 31.2 Å². The minimum absolute atomic E-state index is 0.418. The van der Waals surface area contributed by atoms with Crippen LogP contribution in [-0.2, 0) is 12.8 Å². The average molecular weight is 355 g/mol. The summed E-state index contributed by atoms with van der Waals surface area (Å²) in [5.74, 6) is 0.944. The number of hydrogen-bond acceptors (Lipinski definition) is 3. The van der Waals surface area contributed by atoms with Gasteiger partial charge in [-0.05, 0) is 55.1 Å². The number of pyridine rings is 1. The average Bonchev–Trinajstić information content (AvgIpc) is 2.96. The predicted octanol–water partition coefficient (Wildman–Crippen LogP) is 5.11. The fraction of sp³-hybridized carbons (Fsp3) is 0.333. The van der Waals surface area contributed by atoms with Crippen molar-refractivity contribution in [1.82, 2.24) is 14.5 Å². The lowest BCUT2D eigenvalue weighted by Crippen LogP contribution is -2.04. The van der Waals surface area contributed by atoms with Crippen molar-refractivity contribution in [2.45, 2.75) is 33.6 Å². The summed E-state index contributed by atoms with van der Waals surface area (Å²) in [4.78, 5) is 12.5. The molecular weight excluding hydrogens is 336 g/mol. The number of imidazole rings is 1. The fourth-order valence-corrected chi connectivity index (χ4v) is 3.34. The topological polar surface area (TPSA) is 79.5 Å². The largest absolute Gasteiger partial charge is 0.281 e. The monoisotopic (exact) mass is 354 g/mol. The van der Waals surface area contributed by atoms with E-state index in [4.69, 9.17) is 27.1 Å². The van der Waals surface area contributed by atoms with Crippen LogP contribution in [0.1, 0.15) is 29.6 Å². The molecule has 6 nitrogen and oxygen atoms in total. The SMILES string of the molecule is CCc1nc2c(C)c(CCN=[N+]=[N-])c(C)nc2n1-c1cccc(Cl)c1. The third-order valence-corrected chi connectivity index (χ3v) is 4.58. The Kier molecular flexibility index (Phi) is 4.93. The summed E-state index contributed by atoms with van der Waals surface area (Å²) in [6, 6.07) is 7.71. The fourth-order valence-electron chi connectivity index (χ4n) is 3.15. The normalized spacial score (nSPS) is 10.9. The number of benzene rings is 1. The first kappa shape index (κ1) is 17.3. The molecule has 0 saturated heterocycles. The maximum atomic E-state index is 8.49. The molecule has 2 heterocycles. The second-order valence-electron chi connectivity index (χ2n) is 5.87. The maximum absolute atomic E-state index is 8.49. The van der Waals surface area contributed by atoms with Crippen LogP contribution >= 0.6 is 11.6 Å². The molecule has 0 unspecified atom stereocenters. The van der Waals surface area contributed by atoms with Gasteiger partial charge in [0.1, 0.15) is 11.3 Å². The molecule has 0 bridgehead atoms. The van der Waals surface area contributed by atoms with E-state index in [2.05, 4.69) is 28.4 Å². The molecule has 3 rings (SSSR count). The molecule has 0 N–H and O–H groups in total. The minimum atomic E-state index is 0.418. The Labute approximate surface area is 151 Å². The quantitative estimate of drug-likeness (QED) is 0.362. The maximum Gasteiger partial charge on any atom is 0.165 e. The van der Waals surface area contributed by atoms with Crippen LogP contribution in [0.3, 0.4) is 0 Å². The van der Waals surface area contributed by atoms with E-state index < -0.39 is 0 Å². The van der Waals surface area contributed by atoms with Crippen molar-refractivity contribution in [3.05, 3.63) is 62.4 Å². The molecule has 0 aliphatic heterocycles. The zero-order valence-electron chi connectivity index (χ0n) is 14.5. The zero-order valence-corrected chi connectivity index (χ0v) is 15.2. The molecule has 3 aromatic rings. The van der Waals surface area contributed by atoms with Crippen LogP contribution in [0.15, 0.2) is 29.4 Å². The predicted molar refractivity (Wildman–Crippen MR) is 100 cm³/mol. The van der Waals surface area contributed by atoms with E-state index in [1.165, 1.54) is 0 Å². The number of aromatic nitrogens is 3. The number of aryl methyl sites for hydroxylation is 3. The first-order valence-electron chi connectivity index (χ1n) is 8.21. The molecule has 0 atom stereocenters. The Bertz CT molecular complexity index is 985. The Morgan fingerprint density at radius 3 is 2.76 bits per heavy atom. The molecule has 0 amide bonds. The zero-order chi connectivity index (χ0) is 18.0. The molecule has 25 heavy (non-hydrogen) atoms. The van der Waals surface area contributed by atoms with Crippen molar-refractivity contribution in [2.75, 3.05) is 6.54 Å². The molecule has 0 radical (unpaired) electrons. The second kappa shape index (κ2) is 7.13. The summed E-state index contributed by atoms with van der Waals surface area (Å²) in [7, 11) is 0. The van der Waals surface area contributed by atoms with Gasteiger partial charge in [-0.1, -0.05) is 29.7 Å². The van der Waals surface area contributed by atoms with E-state index in [0.717, 1.165) is 45.9 Å². The summed E-state index contributed by atoms with van der Waals surface area (Å²) in [5.41, 5.74) is 14.3. The van der Waals surface area contributed by atoms with Crippen LogP contribution in [0.2, 0.25) is 5.02 Å². The molecule has 7 heteroatoms. The standard InChI is InChI=1S/C18H19ClN6/c1-4-16-23-17-11(2)15(8-9-21-24-20)12(3)22-18(17)25(16)14-7-5-6-13(19)10-14/h5-7,10H,4,8-9H2,1-3H3. The Balaban J connectivity index is 2.23. The van der Waals surface area contributed by atoms with Gasteiger partial charge in [-0.3, -0.25) is 4.57 Å². The summed E-state index contributed by atoms with van der Waals surface area (Å²) >= 11 is 6.17. The van der Waals surface area contributed by atoms with Gasteiger partial charge < -0.3 is 0 Å². The molecule has 1 aromatic carbocycles. The molecule has 0 fully saturated rings. The molecule has 0 aliphatic carbocycles. The van der Waals surface area contributed by atoms with Gasteiger partial charge in [-0.15, -0.1) is 0 Å². The summed E-state index contributed by atoms with van der Waals surface area (Å²) in [5, 5.41) is 4.32. The lowest BCUT2D eigenvalue weighted by Gasteiger charge is -2.11. The van der Waals surface area contributed by atoms with Crippen LogP contribution in [0.25, 0.3) is 27.3 Å². The Morgan fingerprint density at radius 2 is 2.08 bits per heavy atom. The van der Waals surface area contributed by atoms with Gasteiger partial charge >= 0.3 is 0 Å². The van der Waals surface area contributed by atoms with Gasteiger partial charge in [0, 0.05) is 28.6 Å². The van der Waals surface area contributed by atoms with E-state index in [-0.39, 0.29) is 0 Å². The number of halogens is 1. The van der Waals surface area contributed by atoms with E-state index in [0.29, 0.717) is 18.0 Å². The van der Waals surface area contributed by atoms with E-state index in [1.54, 1.807) is 0 Å². The highest BCUT2D eigenvalue weighted by Crippen LogP contribution is 2.27. The van der Waals surface area contributed by atoms with Crippen molar-refractivity contribution in [1.29, 1.82) is 0 Å². The van der Waals surface area contributed by atoms with Crippen LogP contribution in [0.5, 0.6) is 0 Å². The second-order valence-corrected chi connectivity index (χ2v) is 6.31. The molecule has 0 saturated carbocycles. The highest BCUT2D eigenvalue weighted by atomic mass is 35.5. The molecule has 2 aromatic heterocycles. The third-order valence-electron chi connectivity index (χ3n) is 4.35. The van der Waals surface area contributed by atoms with Gasteiger partial charge in [0.15, 0.2) is 5.65 Å². The Hall–Kier alpha value is -2.56. The first-order chi connectivity index (χ1) is 12.1. The van der Waals surface area contributed by atoms with E-state index >= 15 is 0 Å². The highest BCUT2D eigenvalue weighted by Gasteiger charge is 2.18. The summed E-state index contributed by atoms with van der Waals surface area (Å²) < 4.78 is 2.07. The number of hydrogen-bond donors (Lipinski definition) is 0. The van der Waals surface area contributed by atoms with Gasteiger partial charge in [0.2, 0.25) is 0 Å². The lowest BCUT2D eigenvalue weighted by molar-refractivity contribution is 0.897. The molecule has 128 valence electrons. The van der Waals surface area contributed by atoms with Crippen molar-refractivity contribution < 1.29 is 0 Å². The minimum Gasteiger partial charge on any atom is -0.281 e. The molecule has 0 spiro atoms. The van der Waals surface area contributed by atoms with Crippen molar-refractivity contribution >= 4 is 22.8 Å². The summed E-state index contributed by atoms with van der Waals surface area (Å²) in [6.45, 7) is 6.53. The molecular formula is C18H19ClN6. The third kappa shape index (κ3) is 3.18. The van der Waals surface area contributed by atoms with Crippen molar-refractivity contribution in [3.63, 3.8) is 0 Å². The number of azide groups is 1. The molecule has 0 aliphatic rings. The van der Waals surface area contributed by atoms with Gasteiger partial charge in [0.05, 0.1) is 5.69 Å². The lowest BCUT2D eigenvalue weighted by atomic mass is 10.0. The van der Waals surface area contributed by atoms with Crippen LogP contribution in [0, 0.1) is 13.8 Å². The number of nitrogens with zero attached hydrogens (tertiary/aromatic N) is 6. The number of rotatable bonds is 5. The van der Waals surface area contributed by atoms with Crippen LogP contribution < -0.4 is 0 Å². The highest BCUT2D eigenvalue weighted by molar-refractivity contribution is 6.30. The van der Waals surface area contributed by atoms with Gasteiger partial charge in [0.25, 0.3) is 0 Å².